The number of aromatic nitrogens is 3. The van der Waals surface area contributed by atoms with Gasteiger partial charge in [-0.3, -0.25) is 9.97 Å². The van der Waals surface area contributed by atoms with Crippen LogP contribution in [0.2, 0.25) is 0 Å². The van der Waals surface area contributed by atoms with Crippen molar-refractivity contribution < 1.29 is 13.2 Å². The van der Waals surface area contributed by atoms with Crippen molar-refractivity contribution in [3.05, 3.63) is 78.8 Å². The molecule has 0 atom stereocenters. The van der Waals surface area contributed by atoms with Crippen molar-refractivity contribution in [1.82, 2.24) is 19.7 Å². The van der Waals surface area contributed by atoms with Gasteiger partial charge in [0.2, 0.25) is 10.0 Å². The van der Waals surface area contributed by atoms with Gasteiger partial charge in [0.1, 0.15) is 9.96 Å². The molecule has 0 saturated heterocycles. The molecule has 0 amide bonds. The molecule has 4 rings (SSSR count). The van der Waals surface area contributed by atoms with E-state index < -0.39 is 10.0 Å². The first-order valence-electron chi connectivity index (χ1n) is 9.02. The molecule has 0 aliphatic rings. The van der Waals surface area contributed by atoms with Crippen LogP contribution in [0.5, 0.6) is 5.75 Å². The monoisotopic (exact) mass is 438 g/mol. The van der Waals surface area contributed by atoms with E-state index >= 15 is 0 Å². The van der Waals surface area contributed by atoms with Gasteiger partial charge < -0.3 is 4.74 Å². The number of nitrogens with one attached hydrogen (secondary N) is 1. The molecule has 0 fully saturated rings. The number of hydrogen-bond donors (Lipinski definition) is 1. The standard InChI is InChI=1S/C21H18N4O3S2/c1-28-16-12-15(25-19(13-16)17-6-2-4-10-22-17)14-24-30(26,27)21-9-8-20(29-21)18-7-3-5-11-23-18/h2-13,24H,14H2,1H3. The molecule has 0 aliphatic carbocycles. The van der Waals surface area contributed by atoms with Crippen molar-refractivity contribution in [3.63, 3.8) is 0 Å². The molecule has 1 N–H and O–H groups in total. The van der Waals surface area contributed by atoms with E-state index in [2.05, 4.69) is 19.7 Å². The Bertz CT molecular complexity index is 1240. The highest BCUT2D eigenvalue weighted by atomic mass is 32.2. The second-order valence-corrected chi connectivity index (χ2v) is 9.33. The Kier molecular flexibility index (Phi) is 5.84. The summed E-state index contributed by atoms with van der Waals surface area (Å²) < 4.78 is 33.7. The van der Waals surface area contributed by atoms with Gasteiger partial charge in [0.15, 0.2) is 0 Å². The van der Waals surface area contributed by atoms with Crippen LogP contribution in [0.3, 0.4) is 0 Å². The van der Waals surface area contributed by atoms with Crippen molar-refractivity contribution in [3.8, 4) is 27.7 Å². The van der Waals surface area contributed by atoms with Gasteiger partial charge in [-0.05, 0) is 36.4 Å². The van der Waals surface area contributed by atoms with E-state index in [0.29, 0.717) is 22.8 Å². The lowest BCUT2D eigenvalue weighted by atomic mass is 10.2. The molecule has 0 aliphatic heterocycles. The minimum absolute atomic E-state index is 0.0240. The van der Waals surface area contributed by atoms with Gasteiger partial charge in [0, 0.05) is 24.5 Å². The van der Waals surface area contributed by atoms with E-state index in [-0.39, 0.29) is 10.8 Å². The first kappa shape index (κ1) is 20.1. The third-order valence-corrected chi connectivity index (χ3v) is 7.22. The lowest BCUT2D eigenvalue weighted by Crippen LogP contribution is -2.23. The number of hydrogen-bond acceptors (Lipinski definition) is 7. The fourth-order valence-corrected chi connectivity index (χ4v) is 5.09. The zero-order valence-electron chi connectivity index (χ0n) is 16.0. The predicted molar refractivity (Wildman–Crippen MR) is 116 cm³/mol. The molecule has 0 bridgehead atoms. The molecular weight excluding hydrogens is 420 g/mol. The lowest BCUT2D eigenvalue weighted by molar-refractivity contribution is 0.413. The Labute approximate surface area is 178 Å². The fraction of sp³-hybridized carbons (Fsp3) is 0.0952. The topological polar surface area (TPSA) is 94.1 Å². The zero-order chi connectivity index (χ0) is 21.0. The molecule has 4 heterocycles. The van der Waals surface area contributed by atoms with Crippen LogP contribution in [0.4, 0.5) is 0 Å². The van der Waals surface area contributed by atoms with E-state index in [4.69, 9.17) is 4.74 Å². The highest BCUT2D eigenvalue weighted by Gasteiger charge is 2.18. The van der Waals surface area contributed by atoms with Gasteiger partial charge in [-0.1, -0.05) is 12.1 Å². The number of thiophene rings is 1. The van der Waals surface area contributed by atoms with Crippen LogP contribution in [-0.4, -0.2) is 30.5 Å². The summed E-state index contributed by atoms with van der Waals surface area (Å²) in [6.45, 7) is 0.0240. The van der Waals surface area contributed by atoms with Gasteiger partial charge in [-0.2, -0.15) is 0 Å². The fourth-order valence-electron chi connectivity index (χ4n) is 2.76. The van der Waals surface area contributed by atoms with E-state index in [1.807, 2.05) is 36.4 Å². The molecule has 152 valence electrons. The number of sulfonamides is 1. The minimum Gasteiger partial charge on any atom is -0.497 e. The largest absolute Gasteiger partial charge is 0.497 e. The summed E-state index contributed by atoms with van der Waals surface area (Å²) in [5, 5.41) is 0. The number of pyridine rings is 3. The molecular formula is C21H18N4O3S2. The lowest BCUT2D eigenvalue weighted by Gasteiger charge is -2.09. The van der Waals surface area contributed by atoms with Gasteiger partial charge >= 0.3 is 0 Å². The van der Waals surface area contributed by atoms with Gasteiger partial charge in [0.05, 0.1) is 41.3 Å². The van der Waals surface area contributed by atoms with E-state index in [1.54, 1.807) is 43.8 Å². The molecule has 7 nitrogen and oxygen atoms in total. The summed E-state index contributed by atoms with van der Waals surface area (Å²) in [6.07, 6.45) is 3.35. The smallest absolute Gasteiger partial charge is 0.250 e. The zero-order valence-corrected chi connectivity index (χ0v) is 17.7. The Morgan fingerprint density at radius 2 is 1.67 bits per heavy atom. The first-order chi connectivity index (χ1) is 14.5. The summed E-state index contributed by atoms with van der Waals surface area (Å²) in [5.41, 5.74) is 2.55. The number of nitrogens with zero attached hydrogens (tertiary/aromatic N) is 3. The van der Waals surface area contributed by atoms with Crippen molar-refractivity contribution in [2.24, 2.45) is 0 Å². The second kappa shape index (κ2) is 8.70. The minimum atomic E-state index is -3.70. The van der Waals surface area contributed by atoms with Crippen LogP contribution in [0.15, 0.2) is 77.3 Å². The average molecular weight is 439 g/mol. The summed E-state index contributed by atoms with van der Waals surface area (Å²) >= 11 is 1.17. The molecule has 4 aromatic heterocycles. The Morgan fingerprint density at radius 3 is 2.33 bits per heavy atom. The molecule has 0 saturated carbocycles. The molecule has 30 heavy (non-hydrogen) atoms. The third-order valence-electron chi connectivity index (χ3n) is 4.22. The number of rotatable bonds is 7. The SMILES string of the molecule is COc1cc(CNS(=O)(=O)c2ccc(-c3ccccn3)s2)nc(-c2ccccn2)c1. The predicted octanol–water partition coefficient (Wildman–Crippen LogP) is 3.75. The Morgan fingerprint density at radius 1 is 0.933 bits per heavy atom. The highest BCUT2D eigenvalue weighted by molar-refractivity contribution is 7.91. The highest BCUT2D eigenvalue weighted by Crippen LogP contribution is 2.29. The first-order valence-corrected chi connectivity index (χ1v) is 11.3. The summed E-state index contributed by atoms with van der Waals surface area (Å²) in [7, 11) is -2.15. The van der Waals surface area contributed by atoms with E-state index in [0.717, 1.165) is 10.6 Å². The number of ether oxygens (including phenoxy) is 1. The maximum absolute atomic E-state index is 12.8. The van der Waals surface area contributed by atoms with Crippen LogP contribution in [0.1, 0.15) is 5.69 Å². The molecule has 0 aromatic carbocycles. The van der Waals surface area contributed by atoms with Crippen LogP contribution in [-0.2, 0) is 16.6 Å². The maximum atomic E-state index is 12.8. The molecule has 9 heteroatoms. The molecule has 0 spiro atoms. The van der Waals surface area contributed by atoms with Gasteiger partial charge in [-0.25, -0.2) is 18.1 Å². The number of methoxy groups -OCH3 is 1. The average Bonchev–Trinajstić information content (AvgIpc) is 3.30. The van der Waals surface area contributed by atoms with Gasteiger partial charge in [-0.15, -0.1) is 11.3 Å². The third kappa shape index (κ3) is 4.54. The van der Waals surface area contributed by atoms with Crippen LogP contribution >= 0.6 is 11.3 Å². The van der Waals surface area contributed by atoms with Crippen LogP contribution in [0, 0.1) is 0 Å². The molecule has 4 aromatic rings. The van der Waals surface area contributed by atoms with Crippen LogP contribution in [0.25, 0.3) is 22.0 Å². The quantitative estimate of drug-likeness (QED) is 0.472. The normalized spacial score (nSPS) is 11.4. The van der Waals surface area contributed by atoms with E-state index in [9.17, 15) is 8.42 Å². The summed E-state index contributed by atoms with van der Waals surface area (Å²) in [5.74, 6) is 0.577. The van der Waals surface area contributed by atoms with Gasteiger partial charge in [0.25, 0.3) is 0 Å². The second-order valence-electron chi connectivity index (χ2n) is 6.26. The van der Waals surface area contributed by atoms with Crippen molar-refractivity contribution in [1.29, 1.82) is 0 Å². The van der Waals surface area contributed by atoms with E-state index in [1.165, 1.54) is 11.3 Å². The summed E-state index contributed by atoms with van der Waals surface area (Å²) in [6, 6.07) is 17.8. The Hall–Kier alpha value is -3.14. The van der Waals surface area contributed by atoms with Crippen LogP contribution < -0.4 is 9.46 Å². The van der Waals surface area contributed by atoms with Crippen molar-refractivity contribution >= 4 is 21.4 Å². The Balaban J connectivity index is 1.55. The summed E-state index contributed by atoms with van der Waals surface area (Å²) in [4.78, 5) is 13.9. The molecule has 0 radical (unpaired) electrons. The van der Waals surface area contributed by atoms with Crippen molar-refractivity contribution in [2.75, 3.05) is 7.11 Å². The molecule has 0 unspecified atom stereocenters. The van der Waals surface area contributed by atoms with Crippen molar-refractivity contribution in [2.45, 2.75) is 10.8 Å². The maximum Gasteiger partial charge on any atom is 0.250 e.